The minimum Gasteiger partial charge on any atom is -0.396 e. The van der Waals surface area contributed by atoms with Crippen LogP contribution in [0.25, 0.3) is 0 Å². The van der Waals surface area contributed by atoms with E-state index in [0.717, 1.165) is 44.5 Å². The molecule has 0 radical (unpaired) electrons. The van der Waals surface area contributed by atoms with Crippen molar-refractivity contribution in [1.82, 2.24) is 9.62 Å². The highest BCUT2D eigenvalue weighted by Gasteiger charge is 2.39. The van der Waals surface area contributed by atoms with Crippen LogP contribution in [0.1, 0.15) is 19.3 Å². The molecule has 2 aliphatic rings. The van der Waals surface area contributed by atoms with Gasteiger partial charge in [0, 0.05) is 18.6 Å². The number of nitrogens with one attached hydrogen (secondary N) is 1. The fraction of sp³-hybridized carbons (Fsp3) is 0.538. The third-order valence-corrected chi connectivity index (χ3v) is 6.21. The molecule has 0 aliphatic carbocycles. The number of nitrogens with zero attached hydrogens (tertiary/aromatic N) is 1. The topological polar surface area (TPSA) is 75.4 Å². The number of hydrogen-bond donors (Lipinski definition) is 2. The molecule has 1 aromatic carbocycles. The Bertz CT molecular complexity index is 668. The number of nitrogen functional groups attached to an aromatic ring is 1. The minimum atomic E-state index is -3.81. The van der Waals surface area contributed by atoms with Gasteiger partial charge in [0.2, 0.25) is 10.0 Å². The molecule has 1 aromatic rings. The van der Waals surface area contributed by atoms with Crippen LogP contribution in [-0.4, -0.2) is 38.5 Å². The Morgan fingerprint density at radius 2 is 2.10 bits per heavy atom. The molecule has 2 fully saturated rings. The van der Waals surface area contributed by atoms with Crippen LogP contribution in [0, 0.1) is 5.82 Å². The molecule has 0 spiro atoms. The number of fused-ring (bicyclic) bond motifs is 1. The van der Waals surface area contributed by atoms with E-state index in [-0.39, 0.29) is 27.7 Å². The van der Waals surface area contributed by atoms with E-state index >= 15 is 0 Å². The number of halogens is 2. The first-order valence-electron chi connectivity index (χ1n) is 6.89. The van der Waals surface area contributed by atoms with Gasteiger partial charge in [0.15, 0.2) is 0 Å². The maximum atomic E-state index is 13.3. The standard InChI is InChI=1S/C13H17ClFN3O2S/c14-8-6-9(15)10(16)7-13(8)21(19,20)17-11-3-5-18-4-1-2-12(11)18/h6-7,11-12,17H,1-5,16H2. The van der Waals surface area contributed by atoms with Crippen molar-refractivity contribution in [2.75, 3.05) is 18.8 Å². The number of sulfonamides is 1. The lowest BCUT2D eigenvalue weighted by Crippen LogP contribution is -2.42. The average molecular weight is 334 g/mol. The lowest BCUT2D eigenvalue weighted by atomic mass is 10.1. The number of anilines is 1. The van der Waals surface area contributed by atoms with E-state index in [2.05, 4.69) is 9.62 Å². The number of rotatable bonds is 3. The maximum absolute atomic E-state index is 13.3. The maximum Gasteiger partial charge on any atom is 0.242 e. The second-order valence-corrected chi connectivity index (χ2v) is 7.66. The molecule has 2 atom stereocenters. The molecule has 5 nitrogen and oxygen atoms in total. The van der Waals surface area contributed by atoms with Gasteiger partial charge < -0.3 is 5.73 Å². The molecule has 0 aromatic heterocycles. The van der Waals surface area contributed by atoms with E-state index in [4.69, 9.17) is 17.3 Å². The van der Waals surface area contributed by atoms with Crippen molar-refractivity contribution in [3.05, 3.63) is 23.0 Å². The summed E-state index contributed by atoms with van der Waals surface area (Å²) in [4.78, 5) is 2.13. The van der Waals surface area contributed by atoms with E-state index in [1.165, 1.54) is 0 Å². The first kappa shape index (κ1) is 15.0. The summed E-state index contributed by atoms with van der Waals surface area (Å²) in [5.41, 5.74) is 5.22. The Balaban J connectivity index is 1.86. The first-order valence-corrected chi connectivity index (χ1v) is 8.75. The highest BCUT2D eigenvalue weighted by atomic mass is 35.5. The zero-order valence-corrected chi connectivity index (χ0v) is 12.9. The zero-order chi connectivity index (χ0) is 15.2. The average Bonchev–Trinajstić information content (AvgIpc) is 2.98. The second-order valence-electron chi connectivity index (χ2n) is 5.57. The Labute approximate surface area is 128 Å². The Hall–Kier alpha value is -0.890. The van der Waals surface area contributed by atoms with Crippen LogP contribution >= 0.6 is 11.6 Å². The normalized spacial score (nSPS) is 26.2. The summed E-state index contributed by atoms with van der Waals surface area (Å²) in [6, 6.07) is 2.12. The molecule has 116 valence electrons. The monoisotopic (exact) mass is 333 g/mol. The Morgan fingerprint density at radius 3 is 2.86 bits per heavy atom. The molecular formula is C13H17ClFN3O2S. The van der Waals surface area contributed by atoms with E-state index in [0.29, 0.717) is 0 Å². The van der Waals surface area contributed by atoms with Crippen molar-refractivity contribution >= 4 is 27.3 Å². The lowest BCUT2D eigenvalue weighted by molar-refractivity contribution is 0.309. The molecule has 2 heterocycles. The van der Waals surface area contributed by atoms with Gasteiger partial charge in [-0.05, 0) is 37.9 Å². The zero-order valence-electron chi connectivity index (χ0n) is 11.4. The van der Waals surface area contributed by atoms with Crippen molar-refractivity contribution in [2.45, 2.75) is 36.2 Å². The molecule has 2 unspecified atom stereocenters. The quantitative estimate of drug-likeness (QED) is 0.823. The fourth-order valence-corrected chi connectivity index (χ4v) is 5.09. The molecular weight excluding hydrogens is 317 g/mol. The summed E-state index contributed by atoms with van der Waals surface area (Å²) in [6.45, 7) is 1.92. The van der Waals surface area contributed by atoms with Gasteiger partial charge in [0.05, 0.1) is 10.7 Å². The van der Waals surface area contributed by atoms with Crippen molar-refractivity contribution in [1.29, 1.82) is 0 Å². The van der Waals surface area contributed by atoms with Crippen molar-refractivity contribution in [3.8, 4) is 0 Å². The van der Waals surface area contributed by atoms with Gasteiger partial charge in [-0.1, -0.05) is 11.6 Å². The molecule has 0 amide bonds. The summed E-state index contributed by atoms with van der Waals surface area (Å²) in [5.74, 6) is -0.721. The third kappa shape index (κ3) is 2.75. The van der Waals surface area contributed by atoms with Gasteiger partial charge in [-0.25, -0.2) is 17.5 Å². The second kappa shape index (κ2) is 5.39. The molecule has 8 heteroatoms. The van der Waals surface area contributed by atoms with Gasteiger partial charge in [-0.15, -0.1) is 0 Å². The Kier molecular flexibility index (Phi) is 3.85. The van der Waals surface area contributed by atoms with Crippen LogP contribution in [0.2, 0.25) is 5.02 Å². The number of hydrogen-bond acceptors (Lipinski definition) is 4. The predicted molar refractivity (Wildman–Crippen MR) is 79.1 cm³/mol. The molecule has 3 N–H and O–H groups in total. The van der Waals surface area contributed by atoms with E-state index in [1.54, 1.807) is 0 Å². The summed E-state index contributed by atoms with van der Waals surface area (Å²) in [5, 5.41) is -0.157. The first-order chi connectivity index (χ1) is 9.88. The fourth-order valence-electron chi connectivity index (χ4n) is 3.23. The third-order valence-electron chi connectivity index (χ3n) is 4.25. The number of benzene rings is 1. The molecule has 0 saturated carbocycles. The van der Waals surface area contributed by atoms with Crippen LogP contribution in [-0.2, 0) is 10.0 Å². The van der Waals surface area contributed by atoms with Crippen LogP contribution in [0.5, 0.6) is 0 Å². The summed E-state index contributed by atoms with van der Waals surface area (Å²) >= 11 is 5.86. The molecule has 2 aliphatic heterocycles. The number of nitrogens with two attached hydrogens (primary N) is 1. The summed E-state index contributed by atoms with van der Waals surface area (Å²) in [6.07, 6.45) is 2.86. The largest absolute Gasteiger partial charge is 0.396 e. The van der Waals surface area contributed by atoms with Crippen molar-refractivity contribution < 1.29 is 12.8 Å². The highest BCUT2D eigenvalue weighted by Crippen LogP contribution is 2.31. The molecule has 0 bridgehead atoms. The molecule has 3 rings (SSSR count). The SMILES string of the molecule is Nc1cc(S(=O)(=O)NC2CCN3CCCC23)c(Cl)cc1F. The Morgan fingerprint density at radius 1 is 1.33 bits per heavy atom. The smallest absolute Gasteiger partial charge is 0.242 e. The lowest BCUT2D eigenvalue weighted by Gasteiger charge is -2.21. The predicted octanol–water partition coefficient (Wildman–Crippen LogP) is 1.58. The van der Waals surface area contributed by atoms with Gasteiger partial charge in [-0.2, -0.15) is 0 Å². The van der Waals surface area contributed by atoms with Gasteiger partial charge in [-0.3, -0.25) is 4.90 Å². The van der Waals surface area contributed by atoms with Crippen molar-refractivity contribution in [2.24, 2.45) is 0 Å². The van der Waals surface area contributed by atoms with Crippen LogP contribution < -0.4 is 10.5 Å². The molecule has 21 heavy (non-hydrogen) atoms. The van der Waals surface area contributed by atoms with Gasteiger partial charge >= 0.3 is 0 Å². The molecule has 2 saturated heterocycles. The highest BCUT2D eigenvalue weighted by molar-refractivity contribution is 7.89. The van der Waals surface area contributed by atoms with Crippen LogP contribution in [0.4, 0.5) is 10.1 Å². The van der Waals surface area contributed by atoms with E-state index in [9.17, 15) is 12.8 Å². The van der Waals surface area contributed by atoms with Crippen LogP contribution in [0.3, 0.4) is 0 Å². The van der Waals surface area contributed by atoms with Crippen LogP contribution in [0.15, 0.2) is 17.0 Å². The van der Waals surface area contributed by atoms with Gasteiger partial charge in [0.1, 0.15) is 10.7 Å². The summed E-state index contributed by atoms with van der Waals surface area (Å²) < 4.78 is 40.9. The van der Waals surface area contributed by atoms with E-state index in [1.807, 2.05) is 0 Å². The van der Waals surface area contributed by atoms with E-state index < -0.39 is 15.8 Å². The summed E-state index contributed by atoms with van der Waals surface area (Å²) in [7, 11) is -3.81. The van der Waals surface area contributed by atoms with Gasteiger partial charge in [0.25, 0.3) is 0 Å². The minimum absolute atomic E-state index is 0.125. The van der Waals surface area contributed by atoms with Crippen molar-refractivity contribution in [3.63, 3.8) is 0 Å².